The zero-order valence-corrected chi connectivity index (χ0v) is 9.14. The van der Waals surface area contributed by atoms with Gasteiger partial charge in [0, 0.05) is 7.05 Å². The van der Waals surface area contributed by atoms with Crippen molar-refractivity contribution in [3.05, 3.63) is 41.7 Å². The van der Waals surface area contributed by atoms with E-state index >= 15 is 0 Å². The summed E-state index contributed by atoms with van der Waals surface area (Å²) < 4.78 is 1.64. The van der Waals surface area contributed by atoms with E-state index in [0.29, 0.717) is 5.69 Å². The molecule has 0 aliphatic carbocycles. The fourth-order valence-electron chi connectivity index (χ4n) is 1.47. The second-order valence-corrected chi connectivity index (χ2v) is 3.35. The van der Waals surface area contributed by atoms with Crippen LogP contribution in [0.15, 0.2) is 30.3 Å². The highest BCUT2D eigenvalue weighted by Crippen LogP contribution is 2.11. The van der Waals surface area contributed by atoms with Crippen molar-refractivity contribution < 1.29 is 4.79 Å². The number of hydrogen-bond donors (Lipinski definition) is 1. The van der Waals surface area contributed by atoms with Crippen LogP contribution < -0.4 is 5.32 Å². The molecule has 0 unspecified atom stereocenters. The zero-order chi connectivity index (χ0) is 11.5. The van der Waals surface area contributed by atoms with Crippen LogP contribution in [0.1, 0.15) is 16.2 Å². The van der Waals surface area contributed by atoms with Crippen LogP contribution >= 0.6 is 0 Å². The molecule has 82 valence electrons. The van der Waals surface area contributed by atoms with Gasteiger partial charge in [0.2, 0.25) is 0 Å². The maximum atomic E-state index is 11.5. The monoisotopic (exact) mass is 216 g/mol. The van der Waals surface area contributed by atoms with Gasteiger partial charge in [0.15, 0.2) is 5.69 Å². The van der Waals surface area contributed by atoms with Gasteiger partial charge >= 0.3 is 0 Å². The molecular formula is C11H12N4O. The first kappa shape index (κ1) is 10.4. The van der Waals surface area contributed by atoms with E-state index in [1.165, 1.54) is 0 Å². The molecule has 16 heavy (non-hydrogen) atoms. The molecule has 0 radical (unpaired) electrons. The Morgan fingerprint density at radius 1 is 1.31 bits per heavy atom. The average Bonchev–Trinajstić information content (AvgIpc) is 2.71. The Morgan fingerprint density at radius 2 is 2.00 bits per heavy atom. The number of rotatable bonds is 2. The van der Waals surface area contributed by atoms with Gasteiger partial charge in [-0.15, -0.1) is 5.10 Å². The van der Waals surface area contributed by atoms with Crippen LogP contribution in [0.2, 0.25) is 0 Å². The number of nitrogens with zero attached hydrogens (tertiary/aromatic N) is 3. The Bertz CT molecular complexity index is 504. The van der Waals surface area contributed by atoms with Crippen LogP contribution in [0.4, 0.5) is 0 Å². The van der Waals surface area contributed by atoms with Gasteiger partial charge in [-0.2, -0.15) is 0 Å². The van der Waals surface area contributed by atoms with Crippen LogP contribution in [0.25, 0.3) is 5.69 Å². The number of hydrogen-bond acceptors (Lipinski definition) is 3. The summed E-state index contributed by atoms with van der Waals surface area (Å²) in [6.45, 7) is 1.82. The molecule has 0 bridgehead atoms. The number of carbonyl (C=O) groups excluding carboxylic acids is 1. The van der Waals surface area contributed by atoms with Gasteiger partial charge in [0.05, 0.1) is 11.4 Å². The SMILES string of the molecule is CNC(=O)c1nnn(-c2ccccc2)c1C. The van der Waals surface area contributed by atoms with E-state index in [1.54, 1.807) is 11.7 Å². The van der Waals surface area contributed by atoms with Crippen molar-refractivity contribution in [3.8, 4) is 5.69 Å². The normalized spacial score (nSPS) is 10.1. The van der Waals surface area contributed by atoms with Crippen LogP contribution in [-0.4, -0.2) is 27.9 Å². The molecule has 2 rings (SSSR count). The van der Waals surface area contributed by atoms with Gasteiger partial charge in [0.1, 0.15) is 0 Å². The minimum atomic E-state index is -0.223. The fraction of sp³-hybridized carbons (Fsp3) is 0.182. The lowest BCUT2D eigenvalue weighted by Gasteiger charge is -2.02. The largest absolute Gasteiger partial charge is 0.354 e. The highest BCUT2D eigenvalue weighted by Gasteiger charge is 2.15. The van der Waals surface area contributed by atoms with Crippen molar-refractivity contribution in [1.82, 2.24) is 20.3 Å². The van der Waals surface area contributed by atoms with Crippen molar-refractivity contribution in [2.24, 2.45) is 0 Å². The Balaban J connectivity index is 2.45. The number of benzene rings is 1. The van der Waals surface area contributed by atoms with E-state index in [4.69, 9.17) is 0 Å². The van der Waals surface area contributed by atoms with Crippen LogP contribution in [0, 0.1) is 6.92 Å². The molecule has 5 heteroatoms. The molecule has 0 aliphatic heterocycles. The second-order valence-electron chi connectivity index (χ2n) is 3.35. The smallest absolute Gasteiger partial charge is 0.273 e. The number of para-hydroxylation sites is 1. The highest BCUT2D eigenvalue weighted by atomic mass is 16.1. The standard InChI is InChI=1S/C11H12N4O/c1-8-10(11(16)12-2)13-14-15(8)9-6-4-3-5-7-9/h3-7H,1-2H3,(H,12,16). The summed E-state index contributed by atoms with van der Waals surface area (Å²) in [5, 5.41) is 10.4. The summed E-state index contributed by atoms with van der Waals surface area (Å²) in [6, 6.07) is 9.58. The Hall–Kier alpha value is -2.17. The Kier molecular flexibility index (Phi) is 2.68. The number of carbonyl (C=O) groups is 1. The topological polar surface area (TPSA) is 59.8 Å². The summed E-state index contributed by atoms with van der Waals surface area (Å²) in [5.41, 5.74) is 1.97. The van der Waals surface area contributed by atoms with Crippen LogP contribution in [0.5, 0.6) is 0 Å². The lowest BCUT2D eigenvalue weighted by Crippen LogP contribution is -2.19. The summed E-state index contributed by atoms with van der Waals surface area (Å²) >= 11 is 0. The number of nitrogens with one attached hydrogen (secondary N) is 1. The Morgan fingerprint density at radius 3 is 2.62 bits per heavy atom. The summed E-state index contributed by atoms with van der Waals surface area (Å²) in [4.78, 5) is 11.5. The van der Waals surface area contributed by atoms with E-state index in [0.717, 1.165) is 11.4 Å². The molecular weight excluding hydrogens is 204 g/mol. The molecule has 1 aromatic carbocycles. The van der Waals surface area contributed by atoms with Gasteiger partial charge in [-0.25, -0.2) is 4.68 Å². The second kappa shape index (κ2) is 4.14. The molecule has 0 fully saturated rings. The van der Waals surface area contributed by atoms with Gasteiger partial charge in [0.25, 0.3) is 5.91 Å². The van der Waals surface area contributed by atoms with Gasteiger partial charge < -0.3 is 5.32 Å². The van der Waals surface area contributed by atoms with E-state index in [2.05, 4.69) is 15.6 Å². The molecule has 0 spiro atoms. The van der Waals surface area contributed by atoms with Crippen molar-refractivity contribution in [2.75, 3.05) is 7.05 Å². The number of aromatic nitrogens is 3. The van der Waals surface area contributed by atoms with Gasteiger partial charge in [-0.3, -0.25) is 4.79 Å². The molecule has 1 amide bonds. The first-order chi connectivity index (χ1) is 7.74. The fourth-order valence-corrected chi connectivity index (χ4v) is 1.47. The Labute approximate surface area is 93.1 Å². The minimum Gasteiger partial charge on any atom is -0.354 e. The highest BCUT2D eigenvalue weighted by molar-refractivity contribution is 5.93. The van der Waals surface area contributed by atoms with Crippen molar-refractivity contribution in [3.63, 3.8) is 0 Å². The first-order valence-corrected chi connectivity index (χ1v) is 4.94. The maximum Gasteiger partial charge on any atom is 0.273 e. The third-order valence-electron chi connectivity index (χ3n) is 2.34. The molecule has 5 nitrogen and oxygen atoms in total. The molecule has 0 saturated heterocycles. The van der Waals surface area contributed by atoms with Crippen molar-refractivity contribution >= 4 is 5.91 Å². The summed E-state index contributed by atoms with van der Waals surface area (Å²) in [5.74, 6) is -0.223. The summed E-state index contributed by atoms with van der Waals surface area (Å²) in [7, 11) is 1.57. The van der Waals surface area contributed by atoms with Crippen molar-refractivity contribution in [2.45, 2.75) is 6.92 Å². The lowest BCUT2D eigenvalue weighted by molar-refractivity contribution is 0.0957. The predicted octanol–water partition coefficient (Wildman–Crippen LogP) is 0.935. The van der Waals surface area contributed by atoms with E-state index in [9.17, 15) is 4.79 Å². The lowest BCUT2D eigenvalue weighted by atomic mass is 10.3. The molecule has 0 aliphatic rings. The first-order valence-electron chi connectivity index (χ1n) is 4.94. The quantitative estimate of drug-likeness (QED) is 0.812. The van der Waals surface area contributed by atoms with Gasteiger partial charge in [-0.1, -0.05) is 23.4 Å². The van der Waals surface area contributed by atoms with E-state index in [1.807, 2.05) is 37.3 Å². The number of amides is 1. The molecule has 0 saturated carbocycles. The molecule has 0 atom stereocenters. The molecule has 2 aromatic rings. The van der Waals surface area contributed by atoms with Crippen LogP contribution in [-0.2, 0) is 0 Å². The maximum absolute atomic E-state index is 11.5. The van der Waals surface area contributed by atoms with Gasteiger partial charge in [-0.05, 0) is 19.1 Å². The van der Waals surface area contributed by atoms with E-state index in [-0.39, 0.29) is 5.91 Å². The van der Waals surface area contributed by atoms with Crippen molar-refractivity contribution in [1.29, 1.82) is 0 Å². The molecule has 1 N–H and O–H groups in total. The third kappa shape index (κ3) is 1.67. The van der Waals surface area contributed by atoms with E-state index < -0.39 is 0 Å². The molecule has 1 heterocycles. The van der Waals surface area contributed by atoms with Crippen LogP contribution in [0.3, 0.4) is 0 Å². The minimum absolute atomic E-state index is 0.223. The average molecular weight is 216 g/mol. The molecule has 1 aromatic heterocycles. The summed E-state index contributed by atoms with van der Waals surface area (Å²) in [6.07, 6.45) is 0. The predicted molar refractivity (Wildman–Crippen MR) is 59.5 cm³/mol. The third-order valence-corrected chi connectivity index (χ3v) is 2.34. The zero-order valence-electron chi connectivity index (χ0n) is 9.14.